The number of aryl methyl sites for hydroxylation is 1. The monoisotopic (exact) mass is 342 g/mol. The average Bonchev–Trinajstić information content (AvgIpc) is 2.93. The van der Waals surface area contributed by atoms with Crippen LogP contribution in [0.3, 0.4) is 0 Å². The molecule has 4 rings (SSSR count). The van der Waals surface area contributed by atoms with Crippen LogP contribution in [0, 0.1) is 0 Å². The first-order valence-electron chi connectivity index (χ1n) is 9.28. The molecule has 1 aliphatic carbocycles. The number of anilines is 1. The molecule has 134 valence electrons. The lowest BCUT2D eigenvalue weighted by molar-refractivity contribution is -0.120. The lowest BCUT2D eigenvalue weighted by Crippen LogP contribution is -2.49. The van der Waals surface area contributed by atoms with Gasteiger partial charge < -0.3 is 4.57 Å². The van der Waals surface area contributed by atoms with Crippen molar-refractivity contribution in [2.75, 3.05) is 11.4 Å². The molecule has 2 fully saturated rings. The number of hydrogen-bond acceptors (Lipinski definition) is 3. The summed E-state index contributed by atoms with van der Waals surface area (Å²) in [5, 5.41) is 2.37. The molecule has 2 aromatic rings. The fourth-order valence-corrected chi connectivity index (χ4v) is 3.37. The Bertz CT molecular complexity index is 792. The molecular weight excluding hydrogens is 316 g/mol. The number of carbonyl (C=O) groups is 2. The molecule has 1 saturated heterocycles. The van der Waals surface area contributed by atoms with E-state index >= 15 is 0 Å². The van der Waals surface area contributed by atoms with Crippen LogP contribution >= 0.6 is 0 Å². The van der Waals surface area contributed by atoms with E-state index in [2.05, 4.69) is 28.0 Å². The second kappa shape index (κ2) is 7.25. The Morgan fingerprint density at radius 1 is 1.28 bits per heavy atom. The topological polar surface area (TPSA) is 67.2 Å². The molecule has 0 atom stereocenters. The summed E-state index contributed by atoms with van der Waals surface area (Å²) in [6, 6.07) is 2.22. The fourth-order valence-electron chi connectivity index (χ4n) is 3.37. The van der Waals surface area contributed by atoms with Gasteiger partial charge in [-0.1, -0.05) is 20.8 Å². The summed E-state index contributed by atoms with van der Waals surface area (Å²) in [5.41, 5.74) is 4.12. The van der Waals surface area contributed by atoms with Crippen LogP contribution in [0.1, 0.15) is 58.1 Å². The van der Waals surface area contributed by atoms with Crippen LogP contribution in [0.25, 0.3) is 11.0 Å². The van der Waals surface area contributed by atoms with Crippen LogP contribution < -0.4 is 10.2 Å². The Morgan fingerprint density at radius 3 is 2.64 bits per heavy atom. The van der Waals surface area contributed by atoms with E-state index in [4.69, 9.17) is 0 Å². The largest absolute Gasteiger partial charge is 0.343 e. The third-order valence-corrected chi connectivity index (χ3v) is 4.95. The lowest BCUT2D eigenvalue weighted by atomic mass is 9.93. The molecule has 2 aromatic heterocycles. The Hall–Kier alpha value is -2.37. The van der Waals surface area contributed by atoms with Crippen LogP contribution in [0.4, 0.5) is 10.5 Å². The predicted octanol–water partition coefficient (Wildman–Crippen LogP) is 3.80. The Balaban J connectivity index is 0.000000880. The maximum atomic E-state index is 12.0. The van der Waals surface area contributed by atoms with Gasteiger partial charge in [0.1, 0.15) is 0 Å². The second-order valence-corrected chi connectivity index (χ2v) is 6.32. The number of imide groups is 1. The van der Waals surface area contributed by atoms with Crippen molar-refractivity contribution in [3.63, 3.8) is 0 Å². The van der Waals surface area contributed by atoms with Crippen molar-refractivity contribution in [3.05, 3.63) is 24.0 Å². The van der Waals surface area contributed by atoms with Crippen molar-refractivity contribution in [1.82, 2.24) is 14.9 Å². The zero-order chi connectivity index (χ0) is 18.0. The van der Waals surface area contributed by atoms with Crippen LogP contribution in [0.2, 0.25) is 0 Å². The maximum absolute atomic E-state index is 12.0. The number of pyridine rings is 1. The number of nitrogens with zero attached hydrogens (tertiary/aromatic N) is 3. The number of carbonyl (C=O) groups excluding carboxylic acids is 2. The molecule has 6 heteroatoms. The lowest BCUT2D eigenvalue weighted by Gasteiger charge is -2.29. The zero-order valence-corrected chi connectivity index (χ0v) is 15.2. The number of aromatic nitrogens is 2. The molecule has 3 heterocycles. The van der Waals surface area contributed by atoms with Crippen molar-refractivity contribution in [1.29, 1.82) is 0 Å². The SMILES string of the molecule is CC.CCc1cn(C2CCC2)c2cc(N3CCC(=O)NC3=O)cnc12. The minimum Gasteiger partial charge on any atom is -0.343 e. The van der Waals surface area contributed by atoms with Gasteiger partial charge in [0.15, 0.2) is 0 Å². The van der Waals surface area contributed by atoms with Gasteiger partial charge in [0.25, 0.3) is 0 Å². The highest BCUT2D eigenvalue weighted by Gasteiger charge is 2.26. The highest BCUT2D eigenvalue weighted by molar-refractivity contribution is 6.06. The van der Waals surface area contributed by atoms with E-state index in [-0.39, 0.29) is 11.9 Å². The van der Waals surface area contributed by atoms with Crippen molar-refractivity contribution in [3.8, 4) is 0 Å². The minimum absolute atomic E-state index is 0.216. The van der Waals surface area contributed by atoms with Gasteiger partial charge in [0, 0.05) is 25.2 Å². The number of rotatable bonds is 3. The quantitative estimate of drug-likeness (QED) is 0.922. The van der Waals surface area contributed by atoms with Gasteiger partial charge in [-0.15, -0.1) is 0 Å². The number of amides is 3. The highest BCUT2D eigenvalue weighted by atomic mass is 16.2. The molecule has 6 nitrogen and oxygen atoms in total. The summed E-state index contributed by atoms with van der Waals surface area (Å²) in [6.07, 6.45) is 8.91. The third-order valence-electron chi connectivity index (χ3n) is 4.95. The molecule has 0 bridgehead atoms. The molecular formula is C19H26N4O2. The standard InChI is InChI=1S/C17H20N4O2.C2H6/c1-2-11-10-21(12-4-3-5-12)14-8-13(9-18-16(11)14)20-7-6-15(22)19-17(20)23;1-2/h8-10,12H,2-7H2,1H3,(H,19,22,23);1-2H3. The van der Waals surface area contributed by atoms with E-state index in [1.807, 2.05) is 19.9 Å². The van der Waals surface area contributed by atoms with Gasteiger partial charge in [-0.05, 0) is 37.3 Å². The number of urea groups is 1. The fraction of sp³-hybridized carbons (Fsp3) is 0.526. The first-order chi connectivity index (χ1) is 12.2. The average molecular weight is 342 g/mol. The van der Waals surface area contributed by atoms with Crippen molar-refractivity contribution >= 4 is 28.7 Å². The summed E-state index contributed by atoms with van der Waals surface area (Å²) in [6.45, 7) is 6.54. The summed E-state index contributed by atoms with van der Waals surface area (Å²) < 4.78 is 2.32. The first-order valence-corrected chi connectivity index (χ1v) is 9.28. The van der Waals surface area contributed by atoms with Crippen molar-refractivity contribution < 1.29 is 9.59 Å². The molecule has 3 amide bonds. The van der Waals surface area contributed by atoms with Crippen LogP contribution in [0.15, 0.2) is 18.5 Å². The van der Waals surface area contributed by atoms with Crippen molar-refractivity contribution in [2.24, 2.45) is 0 Å². The molecule has 1 aliphatic heterocycles. The summed E-state index contributed by atoms with van der Waals surface area (Å²) in [5.74, 6) is -0.216. The normalized spacial score (nSPS) is 17.8. The van der Waals surface area contributed by atoms with Crippen LogP contribution in [-0.2, 0) is 11.2 Å². The molecule has 0 spiro atoms. The summed E-state index contributed by atoms with van der Waals surface area (Å²) in [7, 11) is 0. The van der Waals surface area contributed by atoms with Crippen LogP contribution in [-0.4, -0.2) is 28.0 Å². The first kappa shape index (κ1) is 17.5. The van der Waals surface area contributed by atoms with Gasteiger partial charge in [-0.3, -0.25) is 20.0 Å². The van der Waals surface area contributed by atoms with Gasteiger partial charge in [-0.25, -0.2) is 4.79 Å². The minimum atomic E-state index is -0.361. The smallest absolute Gasteiger partial charge is 0.328 e. The van der Waals surface area contributed by atoms with Gasteiger partial charge >= 0.3 is 6.03 Å². The van der Waals surface area contributed by atoms with Crippen molar-refractivity contribution in [2.45, 2.75) is 58.9 Å². The maximum Gasteiger partial charge on any atom is 0.328 e. The third kappa shape index (κ3) is 3.13. The number of hydrogen-bond donors (Lipinski definition) is 1. The molecule has 0 unspecified atom stereocenters. The second-order valence-electron chi connectivity index (χ2n) is 6.32. The van der Waals surface area contributed by atoms with E-state index in [1.54, 1.807) is 11.1 Å². The summed E-state index contributed by atoms with van der Waals surface area (Å²) >= 11 is 0. The zero-order valence-electron chi connectivity index (χ0n) is 15.2. The summed E-state index contributed by atoms with van der Waals surface area (Å²) in [4.78, 5) is 29.6. The van der Waals surface area contributed by atoms with Gasteiger partial charge in [-0.2, -0.15) is 0 Å². The molecule has 2 aliphatic rings. The van der Waals surface area contributed by atoms with Gasteiger partial charge in [0.05, 0.1) is 22.9 Å². The molecule has 0 aromatic carbocycles. The molecule has 25 heavy (non-hydrogen) atoms. The Morgan fingerprint density at radius 2 is 2.04 bits per heavy atom. The van der Waals surface area contributed by atoms with E-state index in [1.165, 1.54) is 24.8 Å². The van der Waals surface area contributed by atoms with E-state index < -0.39 is 0 Å². The predicted molar refractivity (Wildman–Crippen MR) is 98.8 cm³/mol. The van der Waals surface area contributed by atoms with Gasteiger partial charge in [0.2, 0.25) is 5.91 Å². The molecule has 1 N–H and O–H groups in total. The Labute approximate surface area is 148 Å². The highest BCUT2D eigenvalue weighted by Crippen LogP contribution is 2.36. The Kier molecular flexibility index (Phi) is 5.06. The van der Waals surface area contributed by atoms with Crippen LogP contribution in [0.5, 0.6) is 0 Å². The molecule has 1 saturated carbocycles. The van der Waals surface area contributed by atoms with E-state index in [9.17, 15) is 9.59 Å². The molecule has 0 radical (unpaired) electrons. The van der Waals surface area contributed by atoms with E-state index in [0.29, 0.717) is 19.0 Å². The number of fused-ring (bicyclic) bond motifs is 1. The van der Waals surface area contributed by atoms with E-state index in [0.717, 1.165) is 23.1 Å². The number of nitrogens with one attached hydrogen (secondary N) is 1.